The molecule has 0 radical (unpaired) electrons. The number of aromatic amines is 2. The van der Waals surface area contributed by atoms with Crippen LogP contribution in [-0.4, -0.2) is 240 Å². The zero-order valence-corrected chi connectivity index (χ0v) is 53.3. The summed E-state index contributed by atoms with van der Waals surface area (Å²) >= 11 is 0. The van der Waals surface area contributed by atoms with Gasteiger partial charge >= 0.3 is 48.3 Å². The number of aromatic nitrogens is 10. The predicted molar refractivity (Wildman–Crippen MR) is 317 cm³/mol. The van der Waals surface area contributed by atoms with E-state index in [1.54, 1.807) is 28.2 Å². The van der Waals surface area contributed by atoms with E-state index < -0.39 is 122 Å². The molecule has 9 N–H and O–H groups in total. The van der Waals surface area contributed by atoms with Gasteiger partial charge in [-0.1, -0.05) is 4.67 Å². The van der Waals surface area contributed by atoms with E-state index in [1.807, 2.05) is 0 Å². The molecular formula is C46H74N21O17P4+. The van der Waals surface area contributed by atoms with E-state index in [2.05, 4.69) is 35.2 Å². The van der Waals surface area contributed by atoms with Crippen molar-refractivity contribution < 1.29 is 55.3 Å². The van der Waals surface area contributed by atoms with Crippen LogP contribution in [0.3, 0.4) is 0 Å². The number of anilines is 3. The molecule has 0 aliphatic carbocycles. The third-order valence-corrected chi connectivity index (χ3v) is 23.2. The number of rotatable bonds is 23. The first-order valence-corrected chi connectivity index (χ1v) is 33.2. The molecule has 4 saturated heterocycles. The molecular weight excluding hydrogens is 1240 g/mol. The number of H-pyrrole nitrogens is 2. The molecule has 484 valence electrons. The van der Waals surface area contributed by atoms with Crippen molar-refractivity contribution in [2.75, 3.05) is 152 Å². The molecule has 38 nitrogen and oxygen atoms in total. The summed E-state index contributed by atoms with van der Waals surface area (Å²) in [6, 6.07) is 2.85. The van der Waals surface area contributed by atoms with Crippen LogP contribution >= 0.6 is 31.2 Å². The monoisotopic (exact) mass is 1320 g/mol. The minimum Gasteiger partial charge on any atom is -0.383 e. The number of nitrogens with one attached hydrogen (secondary N) is 3. The summed E-state index contributed by atoms with van der Waals surface area (Å²) in [5, 5.41) is 3.20. The summed E-state index contributed by atoms with van der Waals surface area (Å²) in [7, 11) is -2.73. The van der Waals surface area contributed by atoms with Crippen LogP contribution in [0.1, 0.15) is 30.5 Å². The van der Waals surface area contributed by atoms with E-state index >= 15 is 13.7 Å². The number of fused-ring (bicyclic) bond motifs is 1. The number of nitrogen functional groups attached to an aromatic ring is 3. The van der Waals surface area contributed by atoms with Crippen LogP contribution in [0.2, 0.25) is 0 Å². The van der Waals surface area contributed by atoms with Crippen molar-refractivity contribution >= 4 is 59.9 Å². The van der Waals surface area contributed by atoms with Crippen molar-refractivity contribution in [1.29, 1.82) is 0 Å². The van der Waals surface area contributed by atoms with Crippen molar-refractivity contribution in [3.8, 4) is 0 Å². The van der Waals surface area contributed by atoms with Gasteiger partial charge in [0.25, 0.3) is 11.1 Å². The van der Waals surface area contributed by atoms with E-state index in [1.165, 1.54) is 114 Å². The summed E-state index contributed by atoms with van der Waals surface area (Å²) in [5.74, 6) is -0.260. The zero-order chi connectivity index (χ0) is 63.7. The largest absolute Gasteiger partial charge is 0.615 e. The van der Waals surface area contributed by atoms with Crippen LogP contribution in [0.15, 0.2) is 61.0 Å². The van der Waals surface area contributed by atoms with Gasteiger partial charge in [0.15, 0.2) is 29.8 Å². The fourth-order valence-corrected chi connectivity index (χ4v) is 16.6. The molecule has 4 aliphatic rings. The second-order valence-corrected chi connectivity index (χ2v) is 31.1. The number of hydrogen-bond acceptors (Lipinski definition) is 25. The van der Waals surface area contributed by atoms with Gasteiger partial charge in [0.05, 0.1) is 64.1 Å². The van der Waals surface area contributed by atoms with Crippen molar-refractivity contribution in [3.63, 3.8) is 0 Å². The SMILES string of the molecule is Cc1cn(C2CN(P(=O)(OCC3CN(P(=O)(OCC4CN(P(=O)(OCC5CNCC(n6ccc(N)nc6=O)O5)N(C)C)CC(n5ccc(N)nc5=O)O4)N(C)C)CC(n4cnc5c(=O)[nH]c(N)nc54)O3)N(C)C)CC(CO[P+](=O)N(C)C)O2)c(=O)[nH]c1=O. The quantitative estimate of drug-likeness (QED) is 0.0410. The lowest BCUT2D eigenvalue weighted by Gasteiger charge is -2.45. The van der Waals surface area contributed by atoms with Gasteiger partial charge in [-0.05, 0) is 65.9 Å². The maximum absolute atomic E-state index is 16.0. The summed E-state index contributed by atoms with van der Waals surface area (Å²) < 4.78 is 125. The second-order valence-electron chi connectivity index (χ2n) is 21.7. The van der Waals surface area contributed by atoms with E-state index in [0.29, 0.717) is 0 Å². The van der Waals surface area contributed by atoms with E-state index in [4.69, 9.17) is 54.2 Å². The number of hydrogen-bond donors (Lipinski definition) is 6. The van der Waals surface area contributed by atoms with Gasteiger partial charge in [0, 0.05) is 71.0 Å². The molecule has 0 saturated carbocycles. The first-order valence-electron chi connectivity index (χ1n) is 27.4. The Labute approximate surface area is 503 Å². The maximum Gasteiger partial charge on any atom is 0.615 e. The molecule has 12 atom stereocenters. The van der Waals surface area contributed by atoms with E-state index in [9.17, 15) is 28.5 Å². The highest BCUT2D eigenvalue weighted by molar-refractivity contribution is 7.54. The van der Waals surface area contributed by atoms with Crippen LogP contribution in [0.25, 0.3) is 11.2 Å². The Morgan fingerprint density at radius 3 is 1.53 bits per heavy atom. The van der Waals surface area contributed by atoms with Gasteiger partial charge in [-0.3, -0.25) is 51.5 Å². The maximum atomic E-state index is 16.0. The molecule has 0 aromatic carbocycles. The summed E-state index contributed by atoms with van der Waals surface area (Å²) in [6.45, 7) is -0.663. The molecule has 88 heavy (non-hydrogen) atoms. The fraction of sp³-hybridized carbons (Fsp3) is 0.630. The number of ether oxygens (including phenoxy) is 4. The van der Waals surface area contributed by atoms with Crippen molar-refractivity contribution in [1.82, 2.24) is 86.2 Å². The van der Waals surface area contributed by atoms with Gasteiger partial charge in [0.2, 0.25) is 5.95 Å². The van der Waals surface area contributed by atoms with Crippen LogP contribution in [-0.2, 0) is 55.3 Å². The van der Waals surface area contributed by atoms with Crippen LogP contribution in [0.4, 0.5) is 17.6 Å². The zero-order valence-electron chi connectivity index (χ0n) is 49.7. The Hall–Kier alpha value is -5.66. The molecule has 4 fully saturated rings. The average molecular weight is 1320 g/mol. The Morgan fingerprint density at radius 1 is 0.591 bits per heavy atom. The highest BCUT2D eigenvalue weighted by atomic mass is 31.2. The van der Waals surface area contributed by atoms with Gasteiger partial charge in [-0.25, -0.2) is 47.4 Å². The van der Waals surface area contributed by atoms with Crippen LogP contribution in [0.5, 0.6) is 0 Å². The molecule has 9 rings (SSSR count). The topological polar surface area (TPSA) is 443 Å². The molecule has 4 aliphatic heterocycles. The summed E-state index contributed by atoms with van der Waals surface area (Å²) in [4.78, 5) is 86.0. The highest BCUT2D eigenvalue weighted by Gasteiger charge is 2.49. The van der Waals surface area contributed by atoms with Crippen LogP contribution < -0.4 is 50.7 Å². The number of aryl methyl sites for hydroxylation is 1. The molecule has 5 aromatic heterocycles. The van der Waals surface area contributed by atoms with Gasteiger partial charge in [-0.2, -0.15) is 15.0 Å². The summed E-state index contributed by atoms with van der Waals surface area (Å²) in [5.41, 5.74) is 14.2. The molecule has 12 unspecified atom stereocenters. The minimum atomic E-state index is -4.33. The first kappa shape index (κ1) is 66.8. The van der Waals surface area contributed by atoms with Crippen molar-refractivity contribution in [2.45, 2.75) is 56.3 Å². The lowest BCUT2D eigenvalue weighted by Crippen LogP contribution is -2.51. The predicted octanol–water partition coefficient (Wildman–Crippen LogP) is -1.38. The minimum absolute atomic E-state index is 0.00565. The number of nitrogens with zero attached hydrogens (tertiary/aromatic N) is 15. The molecule has 0 bridgehead atoms. The fourth-order valence-electron chi connectivity index (χ4n) is 10.1. The number of morpholine rings is 4. The van der Waals surface area contributed by atoms with Crippen molar-refractivity contribution in [3.05, 3.63) is 94.8 Å². The number of nitrogens with two attached hydrogens (primary N) is 3. The molecule has 0 spiro atoms. The van der Waals surface area contributed by atoms with Gasteiger partial charge in [0.1, 0.15) is 30.6 Å². The van der Waals surface area contributed by atoms with Gasteiger partial charge < -0.3 is 55.0 Å². The normalized spacial score (nSPS) is 25.9. The van der Waals surface area contributed by atoms with E-state index in [0.717, 1.165) is 9.13 Å². The second kappa shape index (κ2) is 27.4. The van der Waals surface area contributed by atoms with E-state index in [-0.39, 0.29) is 99.9 Å². The standard InChI is InChI=1S/C46H73N21O17P4/c1-28-16-66(46(72)56-41(28)68)37-21-61(17-30(82-37)23-77-85(73)57(2)3)87(75,59(6)7)80-26-32-19-63(22-38(84-32)67-27-51-39-40(67)54-43(49)55-42(39)69)88(76,60(8)9)79-25-31-18-62(20-36(83-31)65-13-11-34(48)53-45(65)71)86(74,58(4)5)78-24-29-14-50-15-35(81-29)64-12-10-33(47)52-44(64)70/h10-13,16,27,29-32,35-38,50H,14-15,17-26H2,1-9H3,(H7-,47,48,49,52,53,54,55,56,68,69,70,71,72)/p+1. The highest BCUT2D eigenvalue weighted by Crippen LogP contribution is 2.58. The first-order chi connectivity index (χ1) is 41.6. The summed E-state index contributed by atoms with van der Waals surface area (Å²) in [6.07, 6.45) is -2.87. The Kier molecular flexibility index (Phi) is 20.8. The molecule has 5 aromatic rings. The Bertz CT molecular complexity index is 3800. The third kappa shape index (κ3) is 14.6. The van der Waals surface area contributed by atoms with Crippen molar-refractivity contribution in [2.24, 2.45) is 0 Å². The lowest BCUT2D eigenvalue weighted by molar-refractivity contribution is -0.130. The van der Waals surface area contributed by atoms with Crippen LogP contribution in [0, 0.1) is 6.92 Å². The van der Waals surface area contributed by atoms with Gasteiger partial charge in [-0.15, -0.1) is 4.52 Å². The molecule has 9 heterocycles. The third-order valence-electron chi connectivity index (χ3n) is 14.5. The number of imidazole rings is 1. The Balaban J connectivity index is 0.998. The molecule has 42 heteroatoms. The lowest BCUT2D eigenvalue weighted by atomic mass is 10.3. The molecule has 0 amide bonds. The Morgan fingerprint density at radius 2 is 1.05 bits per heavy atom. The smallest absolute Gasteiger partial charge is 0.383 e. The average Bonchev–Trinajstić information content (AvgIpc) is 2.47.